The molecule has 43 heavy (non-hydrogen) atoms. The minimum atomic E-state index is -1.47. The smallest absolute Gasteiger partial charge is 0.326 e. The van der Waals surface area contributed by atoms with Gasteiger partial charge in [0.1, 0.15) is 30.2 Å². The lowest BCUT2D eigenvalue weighted by molar-refractivity contribution is -0.142. The fourth-order valence-corrected chi connectivity index (χ4v) is 3.31. The second kappa shape index (κ2) is 18.6. The fourth-order valence-electron chi connectivity index (χ4n) is 3.31. The Kier molecular flexibility index (Phi) is 16.5. The first-order valence-electron chi connectivity index (χ1n) is 13.2. The van der Waals surface area contributed by atoms with E-state index in [1.54, 1.807) is 0 Å². The molecule has 6 atom stereocenters. The molecule has 242 valence electrons. The molecule has 8 amide bonds. The molecule has 0 aliphatic heterocycles. The van der Waals surface area contributed by atoms with Crippen molar-refractivity contribution in [3.8, 4) is 0 Å². The molecule has 0 aromatic rings. The Morgan fingerprint density at radius 2 is 0.814 bits per heavy atom. The molecule has 0 aromatic heterocycles. The molecule has 0 aromatic carbocycles. The van der Waals surface area contributed by atoms with E-state index in [2.05, 4.69) is 26.6 Å². The maximum absolute atomic E-state index is 12.9. The number of carbonyl (C=O) groups is 9. The van der Waals surface area contributed by atoms with Crippen LogP contribution in [0.15, 0.2) is 0 Å². The summed E-state index contributed by atoms with van der Waals surface area (Å²) in [6, 6.07) is -7.78. The van der Waals surface area contributed by atoms with Crippen LogP contribution in [0.1, 0.15) is 59.3 Å². The summed E-state index contributed by atoms with van der Waals surface area (Å²) in [6.07, 6.45) is -1.73. The third-order valence-electron chi connectivity index (χ3n) is 5.84. The molecule has 0 saturated heterocycles. The van der Waals surface area contributed by atoms with Gasteiger partial charge >= 0.3 is 5.97 Å². The second-order valence-corrected chi connectivity index (χ2v) is 9.79. The van der Waals surface area contributed by atoms with Crippen molar-refractivity contribution in [2.24, 2.45) is 22.9 Å². The number of hydrogen-bond donors (Lipinski definition) is 10. The monoisotopic (exact) mass is 615 g/mol. The first-order valence-corrected chi connectivity index (χ1v) is 13.2. The summed E-state index contributed by atoms with van der Waals surface area (Å²) < 4.78 is 0. The number of aliphatic carboxylic acids is 1. The molecule has 0 spiro atoms. The SMILES string of the molecule is C[C@H](N)C(=O)N[C@@H](CCC(N)=O)C(=O)N[C@@H](C)C(=O)N[C@@H](CCC(N)=O)C(=O)N[C@@H](C)C(=O)N[C@@H](CCC(N)=O)C(=O)O. The number of amides is 8. The Morgan fingerprint density at radius 1 is 0.512 bits per heavy atom. The van der Waals surface area contributed by atoms with Crippen LogP contribution >= 0.6 is 0 Å². The van der Waals surface area contributed by atoms with Crippen molar-refractivity contribution in [1.82, 2.24) is 26.6 Å². The van der Waals surface area contributed by atoms with E-state index in [-0.39, 0.29) is 38.5 Å². The maximum Gasteiger partial charge on any atom is 0.326 e. The highest BCUT2D eigenvalue weighted by atomic mass is 16.4. The maximum atomic E-state index is 12.9. The van der Waals surface area contributed by atoms with Gasteiger partial charge in [-0.1, -0.05) is 0 Å². The van der Waals surface area contributed by atoms with Crippen molar-refractivity contribution in [1.29, 1.82) is 0 Å². The summed E-state index contributed by atoms with van der Waals surface area (Å²) in [5, 5.41) is 20.7. The number of carboxylic acids is 1. The molecule has 0 rings (SSSR count). The van der Waals surface area contributed by atoms with Crippen molar-refractivity contribution >= 4 is 53.2 Å². The summed E-state index contributed by atoms with van der Waals surface area (Å²) in [7, 11) is 0. The summed E-state index contributed by atoms with van der Waals surface area (Å²) in [4.78, 5) is 108. The van der Waals surface area contributed by atoms with E-state index in [0.717, 1.165) is 0 Å². The zero-order valence-electron chi connectivity index (χ0n) is 24.1. The van der Waals surface area contributed by atoms with Crippen LogP contribution in [0.25, 0.3) is 0 Å². The van der Waals surface area contributed by atoms with Gasteiger partial charge in [-0.3, -0.25) is 38.4 Å². The summed E-state index contributed by atoms with van der Waals surface area (Å²) in [6.45, 7) is 3.84. The topological polar surface area (TPSA) is 338 Å². The average Bonchev–Trinajstić information content (AvgIpc) is 2.89. The zero-order chi connectivity index (χ0) is 33.4. The van der Waals surface area contributed by atoms with Gasteiger partial charge in [0, 0.05) is 19.3 Å². The van der Waals surface area contributed by atoms with Gasteiger partial charge in [-0.05, 0) is 40.0 Å². The van der Waals surface area contributed by atoms with Gasteiger partial charge in [0.2, 0.25) is 47.3 Å². The van der Waals surface area contributed by atoms with Crippen LogP contribution in [-0.4, -0.2) is 94.6 Å². The lowest BCUT2D eigenvalue weighted by atomic mass is 10.1. The van der Waals surface area contributed by atoms with Crippen LogP contribution in [0.3, 0.4) is 0 Å². The molecule has 0 fully saturated rings. The number of rotatable bonds is 20. The lowest BCUT2D eigenvalue weighted by Crippen LogP contribution is -2.58. The molecule has 19 nitrogen and oxygen atoms in total. The number of nitrogens with one attached hydrogen (secondary N) is 5. The van der Waals surface area contributed by atoms with Crippen LogP contribution in [0.5, 0.6) is 0 Å². The molecule has 0 aliphatic rings. The minimum absolute atomic E-state index is 0.192. The lowest BCUT2D eigenvalue weighted by Gasteiger charge is -2.25. The Balaban J connectivity index is 5.50. The highest BCUT2D eigenvalue weighted by Crippen LogP contribution is 2.03. The van der Waals surface area contributed by atoms with Gasteiger partial charge < -0.3 is 54.6 Å². The third kappa shape index (κ3) is 15.7. The second-order valence-electron chi connectivity index (χ2n) is 9.79. The first-order chi connectivity index (χ1) is 19.8. The molecule has 0 heterocycles. The minimum Gasteiger partial charge on any atom is -0.480 e. The zero-order valence-corrected chi connectivity index (χ0v) is 24.1. The van der Waals surface area contributed by atoms with Crippen molar-refractivity contribution in [2.75, 3.05) is 0 Å². The van der Waals surface area contributed by atoms with E-state index in [9.17, 15) is 48.3 Å². The Hall–Kier alpha value is -4.81. The number of carboxylic acid groups (broad SMARTS) is 1. The molecule has 0 unspecified atom stereocenters. The van der Waals surface area contributed by atoms with Crippen LogP contribution in [0.4, 0.5) is 0 Å². The van der Waals surface area contributed by atoms with E-state index in [4.69, 9.17) is 22.9 Å². The molecular weight excluding hydrogens is 574 g/mol. The summed E-state index contributed by atoms with van der Waals surface area (Å²) >= 11 is 0. The molecule has 0 bridgehead atoms. The van der Waals surface area contributed by atoms with Crippen molar-refractivity contribution in [2.45, 2.75) is 95.5 Å². The molecule has 0 aliphatic carbocycles. The van der Waals surface area contributed by atoms with Crippen LogP contribution in [-0.2, 0) is 43.2 Å². The molecule has 0 radical (unpaired) electrons. The van der Waals surface area contributed by atoms with Crippen molar-refractivity contribution in [3.05, 3.63) is 0 Å². The fraction of sp³-hybridized carbons (Fsp3) is 0.625. The number of carbonyl (C=O) groups excluding carboxylic acids is 8. The van der Waals surface area contributed by atoms with Crippen LogP contribution in [0.2, 0.25) is 0 Å². The van der Waals surface area contributed by atoms with E-state index in [1.165, 1.54) is 20.8 Å². The summed E-state index contributed by atoms with van der Waals surface area (Å²) in [5.41, 5.74) is 20.8. The predicted molar refractivity (Wildman–Crippen MR) is 148 cm³/mol. The number of nitrogens with two attached hydrogens (primary N) is 4. The predicted octanol–water partition coefficient (Wildman–Crippen LogP) is -5.32. The van der Waals surface area contributed by atoms with E-state index >= 15 is 0 Å². The molecular formula is C24H41N9O10. The van der Waals surface area contributed by atoms with Crippen molar-refractivity contribution < 1.29 is 48.3 Å². The van der Waals surface area contributed by atoms with Gasteiger partial charge in [0.15, 0.2) is 0 Å². The average molecular weight is 616 g/mol. The molecule has 19 heteroatoms. The number of primary amides is 3. The van der Waals surface area contributed by atoms with E-state index in [1.807, 2.05) is 0 Å². The van der Waals surface area contributed by atoms with Gasteiger partial charge in [-0.25, -0.2) is 4.79 Å². The molecule has 0 saturated carbocycles. The first kappa shape index (κ1) is 38.2. The normalized spacial score (nSPS) is 14.8. The van der Waals surface area contributed by atoms with Crippen LogP contribution < -0.4 is 49.5 Å². The highest BCUT2D eigenvalue weighted by molar-refractivity contribution is 5.96. The molecule has 14 N–H and O–H groups in total. The largest absolute Gasteiger partial charge is 0.480 e. The number of hydrogen-bond acceptors (Lipinski definition) is 10. The Morgan fingerprint density at radius 3 is 1.12 bits per heavy atom. The Bertz CT molecular complexity index is 1080. The highest BCUT2D eigenvalue weighted by Gasteiger charge is 2.30. The quantitative estimate of drug-likeness (QED) is 0.0616. The van der Waals surface area contributed by atoms with Gasteiger partial charge in [0.05, 0.1) is 6.04 Å². The van der Waals surface area contributed by atoms with Crippen LogP contribution in [0, 0.1) is 0 Å². The van der Waals surface area contributed by atoms with Crippen molar-refractivity contribution in [3.63, 3.8) is 0 Å². The van der Waals surface area contributed by atoms with Gasteiger partial charge in [-0.15, -0.1) is 0 Å². The Labute approximate surface area is 246 Å². The van der Waals surface area contributed by atoms with E-state index < -0.39 is 89.5 Å². The third-order valence-corrected chi connectivity index (χ3v) is 5.84. The van der Waals surface area contributed by atoms with Gasteiger partial charge in [0.25, 0.3) is 0 Å². The van der Waals surface area contributed by atoms with Gasteiger partial charge in [-0.2, -0.15) is 0 Å². The standard InChI is InChI=1S/C24H41N9O10/c1-10(25)19(37)31-13(4-7-16(26)34)22(40)29-11(2)20(38)32-14(5-8-17(27)35)23(41)30-12(3)21(39)33-15(24(42)43)6-9-18(28)36/h10-15H,4-9,25H2,1-3H3,(H2,26,34)(H2,27,35)(H2,28,36)(H,29,40)(H,30,41)(H,31,37)(H,32,38)(H,33,39)(H,42,43)/t10-,11-,12-,13-,14-,15-/m0/s1. The van der Waals surface area contributed by atoms with E-state index in [0.29, 0.717) is 0 Å². The summed E-state index contributed by atoms with van der Waals surface area (Å²) in [5.74, 6) is -8.10.